The normalized spacial score (nSPS) is 20.8. The maximum absolute atomic E-state index is 12.1. The van der Waals surface area contributed by atoms with Crippen LogP contribution >= 0.6 is 0 Å². The molecule has 0 spiro atoms. The monoisotopic (exact) mass is 307 g/mol. The Hall–Kier alpha value is -2.88. The van der Waals surface area contributed by atoms with Gasteiger partial charge in [-0.2, -0.15) is 0 Å². The van der Waals surface area contributed by atoms with Gasteiger partial charge in [-0.1, -0.05) is 68.1 Å². The second-order valence-corrected chi connectivity index (χ2v) is 5.70. The van der Waals surface area contributed by atoms with E-state index in [-0.39, 0.29) is 5.92 Å². The minimum atomic E-state index is -1.24. The average molecular weight is 307 g/mol. The van der Waals surface area contributed by atoms with Crippen LogP contribution in [0.5, 0.6) is 0 Å². The van der Waals surface area contributed by atoms with Crippen LogP contribution in [0.4, 0.5) is 4.79 Å². The van der Waals surface area contributed by atoms with Crippen molar-refractivity contribution in [2.45, 2.75) is 13.0 Å². The summed E-state index contributed by atoms with van der Waals surface area (Å²) in [5.74, 6) is -0.747. The third kappa shape index (κ3) is 2.52. The van der Waals surface area contributed by atoms with Gasteiger partial charge in [0.1, 0.15) is 0 Å². The van der Waals surface area contributed by atoms with Crippen molar-refractivity contribution in [3.8, 4) is 11.1 Å². The van der Waals surface area contributed by atoms with Crippen LogP contribution in [0.15, 0.2) is 66.7 Å². The molecule has 0 radical (unpaired) electrons. The van der Waals surface area contributed by atoms with E-state index >= 15 is 0 Å². The number of benzene rings is 2. The average Bonchev–Trinajstić information content (AvgIpc) is 2.80. The number of likely N-dealkylation sites (tertiary alicyclic amines) is 1. The topological polar surface area (TPSA) is 57.6 Å². The molecule has 0 saturated carbocycles. The first-order chi connectivity index (χ1) is 11.0. The Morgan fingerprint density at radius 3 is 2.17 bits per heavy atom. The van der Waals surface area contributed by atoms with Gasteiger partial charge in [-0.3, -0.25) is 4.79 Å². The molecule has 0 bridgehead atoms. The Morgan fingerprint density at radius 1 is 1.04 bits per heavy atom. The van der Waals surface area contributed by atoms with Crippen LogP contribution in [-0.2, 0) is 4.79 Å². The molecule has 2 aromatic carbocycles. The van der Waals surface area contributed by atoms with Gasteiger partial charge in [0.2, 0.25) is 0 Å². The highest BCUT2D eigenvalue weighted by molar-refractivity contribution is 6.04. The van der Waals surface area contributed by atoms with Crippen LogP contribution in [0.25, 0.3) is 11.1 Å². The summed E-state index contributed by atoms with van der Waals surface area (Å²) in [6.07, 6.45) is -1.24. The summed E-state index contributed by atoms with van der Waals surface area (Å²) in [6, 6.07) is 17.1. The van der Waals surface area contributed by atoms with Gasteiger partial charge >= 0.3 is 6.09 Å². The summed E-state index contributed by atoms with van der Waals surface area (Å²) < 4.78 is 0. The zero-order valence-corrected chi connectivity index (χ0v) is 12.8. The fourth-order valence-corrected chi connectivity index (χ4v) is 3.04. The highest BCUT2D eigenvalue weighted by atomic mass is 16.4. The van der Waals surface area contributed by atoms with E-state index in [9.17, 15) is 14.7 Å². The molecule has 1 unspecified atom stereocenters. The Labute approximate surface area is 134 Å². The number of hydrogen-bond donors (Lipinski definition) is 1. The van der Waals surface area contributed by atoms with E-state index in [1.54, 1.807) is 0 Å². The van der Waals surface area contributed by atoms with Crippen LogP contribution in [-0.4, -0.2) is 22.0 Å². The minimum absolute atomic E-state index is 0.235. The molecule has 1 aliphatic heterocycles. The molecule has 2 amide bonds. The van der Waals surface area contributed by atoms with Gasteiger partial charge in [0.05, 0.1) is 6.04 Å². The Morgan fingerprint density at radius 2 is 1.61 bits per heavy atom. The lowest BCUT2D eigenvalue weighted by Gasteiger charge is -2.22. The molecule has 1 aliphatic rings. The van der Waals surface area contributed by atoms with Gasteiger partial charge in [0.25, 0.3) is 5.91 Å². The molecule has 3 rings (SSSR count). The Kier molecular flexibility index (Phi) is 3.74. The van der Waals surface area contributed by atoms with Crippen molar-refractivity contribution >= 4 is 12.0 Å². The summed E-state index contributed by atoms with van der Waals surface area (Å²) in [6.45, 7) is 5.57. The third-order valence-corrected chi connectivity index (χ3v) is 4.36. The first-order valence-corrected chi connectivity index (χ1v) is 7.41. The van der Waals surface area contributed by atoms with Gasteiger partial charge in [-0.05, 0) is 16.7 Å². The van der Waals surface area contributed by atoms with E-state index in [0.717, 1.165) is 21.6 Å². The van der Waals surface area contributed by atoms with Crippen molar-refractivity contribution < 1.29 is 14.7 Å². The van der Waals surface area contributed by atoms with Crippen LogP contribution in [0.2, 0.25) is 0 Å². The molecular weight excluding hydrogens is 290 g/mol. The van der Waals surface area contributed by atoms with Gasteiger partial charge < -0.3 is 5.11 Å². The van der Waals surface area contributed by atoms with Crippen molar-refractivity contribution in [3.63, 3.8) is 0 Å². The molecule has 116 valence electrons. The van der Waals surface area contributed by atoms with E-state index in [4.69, 9.17) is 0 Å². The van der Waals surface area contributed by atoms with Crippen molar-refractivity contribution in [1.82, 2.24) is 4.90 Å². The van der Waals surface area contributed by atoms with Crippen LogP contribution < -0.4 is 0 Å². The van der Waals surface area contributed by atoms with Crippen molar-refractivity contribution in [2.75, 3.05) is 0 Å². The van der Waals surface area contributed by atoms with E-state index in [1.807, 2.05) is 61.5 Å². The van der Waals surface area contributed by atoms with Gasteiger partial charge in [0, 0.05) is 11.5 Å². The lowest BCUT2D eigenvalue weighted by atomic mass is 9.92. The summed E-state index contributed by atoms with van der Waals surface area (Å²) >= 11 is 0. The summed E-state index contributed by atoms with van der Waals surface area (Å²) in [7, 11) is 0. The molecule has 1 N–H and O–H groups in total. The van der Waals surface area contributed by atoms with Gasteiger partial charge in [0.15, 0.2) is 0 Å². The lowest BCUT2D eigenvalue weighted by molar-refractivity contribution is -0.124. The summed E-state index contributed by atoms with van der Waals surface area (Å²) in [5.41, 5.74) is 3.28. The molecule has 2 atom stereocenters. The van der Waals surface area contributed by atoms with Gasteiger partial charge in [-0.25, -0.2) is 9.69 Å². The SMILES string of the molecule is C=C1C(=O)N(C(=O)O)C(c2ccc(-c3ccccc3)cc2)[C@@H]1C. The molecule has 0 aromatic heterocycles. The summed E-state index contributed by atoms with van der Waals surface area (Å²) in [4.78, 5) is 24.4. The lowest BCUT2D eigenvalue weighted by Crippen LogP contribution is -2.33. The first-order valence-electron chi connectivity index (χ1n) is 7.41. The predicted molar refractivity (Wildman–Crippen MR) is 87.8 cm³/mol. The van der Waals surface area contributed by atoms with Crippen LogP contribution in [0.3, 0.4) is 0 Å². The molecule has 4 nitrogen and oxygen atoms in total. The number of nitrogens with zero attached hydrogens (tertiary/aromatic N) is 1. The zero-order chi connectivity index (χ0) is 16.6. The smallest absolute Gasteiger partial charge is 0.414 e. The van der Waals surface area contributed by atoms with Gasteiger partial charge in [-0.15, -0.1) is 0 Å². The largest absolute Gasteiger partial charge is 0.465 e. The number of carboxylic acid groups (broad SMARTS) is 1. The fourth-order valence-electron chi connectivity index (χ4n) is 3.04. The predicted octanol–water partition coefficient (Wildman–Crippen LogP) is 4.11. The maximum atomic E-state index is 12.1. The third-order valence-electron chi connectivity index (χ3n) is 4.36. The Balaban J connectivity index is 1.96. The molecule has 1 heterocycles. The van der Waals surface area contributed by atoms with Crippen LogP contribution in [0.1, 0.15) is 18.5 Å². The number of carbonyl (C=O) groups excluding carboxylic acids is 1. The molecule has 2 aromatic rings. The fraction of sp³-hybridized carbons (Fsp3) is 0.158. The second kappa shape index (κ2) is 5.72. The number of carbonyl (C=O) groups is 2. The van der Waals surface area contributed by atoms with Crippen molar-refractivity contribution in [3.05, 3.63) is 72.3 Å². The number of hydrogen-bond acceptors (Lipinski definition) is 2. The van der Waals surface area contributed by atoms with Crippen molar-refractivity contribution in [1.29, 1.82) is 0 Å². The van der Waals surface area contributed by atoms with Crippen molar-refractivity contribution in [2.24, 2.45) is 5.92 Å². The molecule has 1 saturated heterocycles. The van der Waals surface area contributed by atoms with E-state index < -0.39 is 18.0 Å². The standard InChI is InChI=1S/C19H17NO3/c1-12-13(2)18(21)20(19(22)23)17(12)16-10-8-15(9-11-16)14-6-4-3-5-7-14/h3-12,17H,2H2,1H3,(H,22,23)/t12-,17?/m1/s1. The number of rotatable bonds is 2. The first kappa shape index (κ1) is 15.0. The van der Waals surface area contributed by atoms with E-state index in [0.29, 0.717) is 5.57 Å². The molecule has 4 heteroatoms. The maximum Gasteiger partial charge on any atom is 0.414 e. The molecule has 23 heavy (non-hydrogen) atoms. The second-order valence-electron chi connectivity index (χ2n) is 5.70. The molecule has 1 fully saturated rings. The quantitative estimate of drug-likeness (QED) is 0.850. The number of amides is 2. The Bertz CT molecular complexity index is 765. The van der Waals surface area contributed by atoms with E-state index in [2.05, 4.69) is 6.58 Å². The molecular formula is C19H17NO3. The highest BCUT2D eigenvalue weighted by Crippen LogP contribution is 2.40. The summed E-state index contributed by atoms with van der Waals surface area (Å²) in [5, 5.41) is 9.35. The highest BCUT2D eigenvalue weighted by Gasteiger charge is 2.44. The number of imide groups is 1. The molecule has 0 aliphatic carbocycles. The minimum Gasteiger partial charge on any atom is -0.465 e. The zero-order valence-electron chi connectivity index (χ0n) is 12.8. The van der Waals surface area contributed by atoms with Crippen LogP contribution in [0, 0.1) is 5.92 Å². The van der Waals surface area contributed by atoms with E-state index in [1.165, 1.54) is 0 Å².